The maximum atomic E-state index is 2.53. The van der Waals surface area contributed by atoms with Gasteiger partial charge in [0.1, 0.15) is 0 Å². The third-order valence-electron chi connectivity index (χ3n) is 0. The Morgan fingerprint density at radius 3 is 1.00 bits per heavy atom. The molecule has 0 aromatic carbocycles. The van der Waals surface area contributed by atoms with Gasteiger partial charge in [-0.3, -0.25) is 0 Å². The Bertz CT molecular complexity index is 11.6. The molecular formula is CsI3Pb. The van der Waals surface area contributed by atoms with Crippen LogP contribution in [0.4, 0.5) is 0 Å². The minimum atomic E-state index is -0.747. The number of halogens is 3. The quantitative estimate of drug-likeness (QED) is 0.265. The molecule has 0 aliphatic rings. The van der Waals surface area contributed by atoms with E-state index in [-0.39, 0.29) is 68.9 Å². The van der Waals surface area contributed by atoms with Gasteiger partial charge in [0.15, 0.2) is 0 Å². The second-order valence-corrected chi connectivity index (χ2v) is 84.6. The van der Waals surface area contributed by atoms with Crippen LogP contribution in [0, 0.1) is 0 Å². The van der Waals surface area contributed by atoms with Crippen LogP contribution in [-0.2, 0) is 0 Å². The molecule has 0 aliphatic heterocycles. The van der Waals surface area contributed by atoms with E-state index in [4.69, 9.17) is 0 Å². The van der Waals surface area contributed by atoms with E-state index in [1.54, 1.807) is 0 Å². The Morgan fingerprint density at radius 1 is 1.00 bits per heavy atom. The minimum absolute atomic E-state index is 0. The van der Waals surface area contributed by atoms with E-state index in [2.05, 4.69) is 53.3 Å². The first-order valence-electron chi connectivity index (χ1n) is 0.567. The predicted octanol–water partition coefficient (Wildman–Crippen LogP) is 1.90. The number of rotatable bonds is 0. The second-order valence-electron chi connectivity index (χ2n) is 0.214. The Balaban J connectivity index is 0. The van der Waals surface area contributed by atoms with Crippen LogP contribution in [0.5, 0.6) is 0 Å². The van der Waals surface area contributed by atoms with Crippen molar-refractivity contribution in [2.24, 2.45) is 0 Å². The summed E-state index contributed by atoms with van der Waals surface area (Å²) in [6, 6.07) is 0. The first kappa shape index (κ1) is 12.8. The summed E-state index contributed by atoms with van der Waals surface area (Å²) in [5, 5.41) is 0. The average molecular weight is 721 g/mol. The summed E-state index contributed by atoms with van der Waals surface area (Å²) in [5.41, 5.74) is 0. The summed E-state index contributed by atoms with van der Waals surface area (Å²) in [4.78, 5) is 0. The Kier molecular flexibility index (Phi) is 23.5. The normalized spacial score (nSPS) is 7.20. The third-order valence-corrected chi connectivity index (χ3v) is 0. The summed E-state index contributed by atoms with van der Waals surface area (Å²) in [6.07, 6.45) is 0. The van der Waals surface area contributed by atoms with Crippen LogP contribution < -0.4 is 0 Å². The molecule has 0 spiro atoms. The van der Waals surface area contributed by atoms with Gasteiger partial charge in [-0.2, -0.15) is 0 Å². The van der Waals surface area contributed by atoms with Crippen molar-refractivity contribution in [2.45, 2.75) is 0 Å². The van der Waals surface area contributed by atoms with Crippen molar-refractivity contribution in [1.29, 1.82) is 0 Å². The van der Waals surface area contributed by atoms with Crippen molar-refractivity contribution >= 4 is 132 Å². The Labute approximate surface area is 126 Å². The molecule has 0 nitrogen and oxygen atoms in total. The molecule has 0 fully saturated rings. The standard InChI is InChI=1S/Cs.3HI.Pb/h;3*1H;/q;;;;+3/p-3. The maximum absolute atomic E-state index is 2.53. The van der Waals surface area contributed by atoms with E-state index >= 15 is 0 Å². The molecule has 0 atom stereocenters. The first-order chi connectivity index (χ1) is 1.73. The zero-order chi connectivity index (χ0) is 3.58. The van der Waals surface area contributed by atoms with Crippen molar-refractivity contribution < 1.29 is 0 Å². The molecule has 0 aromatic rings. The van der Waals surface area contributed by atoms with Gasteiger partial charge in [0.25, 0.3) is 0 Å². The fraction of sp³-hybridized carbons (Fsp3) is 0. The van der Waals surface area contributed by atoms with Crippen molar-refractivity contribution in [3.8, 4) is 0 Å². The monoisotopic (exact) mass is 722 g/mol. The Morgan fingerprint density at radius 2 is 1.00 bits per heavy atom. The molecule has 5 heteroatoms. The average Bonchev–Trinajstić information content (AvgIpc) is 0.811. The van der Waals surface area contributed by atoms with E-state index in [1.165, 1.54) is 0 Å². The summed E-state index contributed by atoms with van der Waals surface area (Å²) in [6.45, 7) is 0. The molecule has 0 unspecified atom stereocenters. The summed E-state index contributed by atoms with van der Waals surface area (Å²) in [5.74, 6) is 0. The zero-order valence-corrected chi connectivity index (χ0v) is 19.3. The predicted molar refractivity (Wildman–Crippen MR) is 53.6 cm³/mol. The van der Waals surface area contributed by atoms with Crippen molar-refractivity contribution in [3.05, 3.63) is 0 Å². The van der Waals surface area contributed by atoms with Crippen LogP contribution in [-0.4, -0.2) is 78.7 Å². The summed E-state index contributed by atoms with van der Waals surface area (Å²) in [7, 11) is -0.747. The fourth-order valence-corrected chi connectivity index (χ4v) is 0. The van der Waals surface area contributed by atoms with Gasteiger partial charge in [0.2, 0.25) is 0 Å². The van der Waals surface area contributed by atoms with E-state index in [0.29, 0.717) is 0 Å². The van der Waals surface area contributed by atoms with E-state index < -0.39 is 9.82 Å². The first-order valence-corrected chi connectivity index (χ1v) is 33.4. The van der Waals surface area contributed by atoms with Gasteiger partial charge in [-0.15, -0.1) is 0 Å². The van der Waals surface area contributed by atoms with Gasteiger partial charge in [0.05, 0.1) is 0 Å². The van der Waals surface area contributed by atoms with Gasteiger partial charge >= 0.3 is 63.1 Å². The molecule has 26 valence electrons. The molecule has 5 heavy (non-hydrogen) atoms. The van der Waals surface area contributed by atoms with E-state index in [9.17, 15) is 0 Å². The zero-order valence-electron chi connectivity index (χ0n) is 2.63. The van der Waals surface area contributed by atoms with Crippen LogP contribution in [0.15, 0.2) is 0 Å². The molecular weight excluding hydrogens is 721 g/mol. The second kappa shape index (κ2) is 9.16. The van der Waals surface area contributed by atoms with Crippen molar-refractivity contribution in [3.63, 3.8) is 0 Å². The van der Waals surface area contributed by atoms with Crippen LogP contribution in [0.1, 0.15) is 0 Å². The van der Waals surface area contributed by atoms with Crippen molar-refractivity contribution in [1.82, 2.24) is 0 Å². The molecule has 0 N–H and O–H groups in total. The fourth-order valence-electron chi connectivity index (χ4n) is 0. The van der Waals surface area contributed by atoms with E-state index in [0.717, 1.165) is 0 Å². The van der Waals surface area contributed by atoms with Gasteiger partial charge < -0.3 is 0 Å². The Hall–Kier alpha value is 5.16. The van der Waals surface area contributed by atoms with E-state index in [1.807, 2.05) is 0 Å². The topological polar surface area (TPSA) is 0 Å². The molecule has 0 saturated carbocycles. The molecule has 0 aliphatic carbocycles. The third kappa shape index (κ3) is 17.6. The number of hydrogen-bond acceptors (Lipinski definition) is 0. The van der Waals surface area contributed by atoms with Gasteiger partial charge in [0, 0.05) is 68.9 Å². The number of hydrogen-bond donors (Lipinski definition) is 0. The van der Waals surface area contributed by atoms with Crippen LogP contribution in [0.25, 0.3) is 0 Å². The SMILES string of the molecule is [Cs].[I][Pb]([I])[I]. The van der Waals surface area contributed by atoms with Crippen LogP contribution >= 0.6 is 53.3 Å². The van der Waals surface area contributed by atoms with Crippen LogP contribution in [0.2, 0.25) is 0 Å². The van der Waals surface area contributed by atoms with Gasteiger partial charge in [-0.1, -0.05) is 0 Å². The molecule has 0 rings (SSSR count). The summed E-state index contributed by atoms with van der Waals surface area (Å²) >= 11 is 7.59. The molecule has 2 radical (unpaired) electrons. The molecule has 0 heterocycles. The molecule has 0 amide bonds. The van der Waals surface area contributed by atoms with Gasteiger partial charge in [-0.05, 0) is 0 Å². The summed E-state index contributed by atoms with van der Waals surface area (Å²) < 4.78 is 0. The van der Waals surface area contributed by atoms with Crippen LogP contribution in [0.3, 0.4) is 0 Å². The van der Waals surface area contributed by atoms with Crippen molar-refractivity contribution in [2.75, 3.05) is 0 Å². The van der Waals surface area contributed by atoms with Gasteiger partial charge in [-0.25, -0.2) is 0 Å². The molecule has 0 bridgehead atoms. The molecule has 0 aromatic heterocycles. The molecule has 0 saturated heterocycles.